The predicted molar refractivity (Wildman–Crippen MR) is 96.4 cm³/mol. The van der Waals surface area contributed by atoms with Gasteiger partial charge in [0.05, 0.1) is 18.5 Å². The average Bonchev–Trinajstić information content (AvgIpc) is 2.64. The Bertz CT molecular complexity index is 705. The lowest BCUT2D eigenvalue weighted by molar-refractivity contribution is -0.385. The van der Waals surface area contributed by atoms with Crippen molar-refractivity contribution in [2.45, 2.75) is 51.0 Å². The second-order valence-corrected chi connectivity index (χ2v) is 6.09. The van der Waals surface area contributed by atoms with E-state index in [9.17, 15) is 24.5 Å². The van der Waals surface area contributed by atoms with E-state index in [0.29, 0.717) is 6.42 Å². The van der Waals surface area contributed by atoms with Gasteiger partial charge in [0, 0.05) is 6.07 Å². The Labute approximate surface area is 157 Å². The number of esters is 1. The van der Waals surface area contributed by atoms with E-state index < -0.39 is 34.5 Å². The zero-order valence-electron chi connectivity index (χ0n) is 15.4. The summed E-state index contributed by atoms with van der Waals surface area (Å²) >= 11 is 0. The number of carbonyl (C=O) groups is 3. The van der Waals surface area contributed by atoms with Gasteiger partial charge >= 0.3 is 5.97 Å². The van der Waals surface area contributed by atoms with Gasteiger partial charge in [0.25, 0.3) is 11.6 Å². The van der Waals surface area contributed by atoms with Crippen LogP contribution in [0.5, 0.6) is 5.75 Å². The van der Waals surface area contributed by atoms with Crippen molar-refractivity contribution in [1.29, 1.82) is 0 Å². The first-order valence-corrected chi connectivity index (χ1v) is 8.59. The molecule has 1 aromatic carbocycles. The Hall–Kier alpha value is -2.97. The summed E-state index contributed by atoms with van der Waals surface area (Å²) < 4.78 is 10.4. The van der Waals surface area contributed by atoms with E-state index in [0.717, 1.165) is 32.4 Å². The van der Waals surface area contributed by atoms with Crippen molar-refractivity contribution in [3.63, 3.8) is 0 Å². The van der Waals surface area contributed by atoms with E-state index in [1.54, 1.807) is 0 Å². The van der Waals surface area contributed by atoms with E-state index in [1.807, 2.05) is 6.92 Å². The maximum absolute atomic E-state index is 12.2. The number of ether oxygens (including phenoxy) is 2. The third-order valence-electron chi connectivity index (χ3n) is 4.20. The lowest BCUT2D eigenvalue weighted by Crippen LogP contribution is -2.51. The molecule has 9 heteroatoms. The highest BCUT2D eigenvalue weighted by molar-refractivity contribution is 5.90. The van der Waals surface area contributed by atoms with Crippen molar-refractivity contribution >= 4 is 23.9 Å². The predicted octanol–water partition coefficient (Wildman–Crippen LogP) is 2.54. The van der Waals surface area contributed by atoms with Gasteiger partial charge in [0.2, 0.25) is 0 Å². The summed E-state index contributed by atoms with van der Waals surface area (Å²) in [7, 11) is 1.16. The molecule has 1 rings (SSSR count). The number of methoxy groups -OCH3 is 1. The van der Waals surface area contributed by atoms with E-state index in [-0.39, 0.29) is 24.0 Å². The minimum absolute atomic E-state index is 0.110. The molecule has 2 N–H and O–H groups in total. The van der Waals surface area contributed by atoms with Gasteiger partial charge in [-0.1, -0.05) is 32.3 Å². The lowest BCUT2D eigenvalue weighted by atomic mass is 9.90. The highest BCUT2D eigenvalue weighted by Crippen LogP contribution is 2.33. The number of primary amides is 1. The van der Waals surface area contributed by atoms with Crippen LogP contribution in [0.25, 0.3) is 0 Å². The summed E-state index contributed by atoms with van der Waals surface area (Å²) in [6.07, 6.45) is 3.12. The number of hydrogen-bond acceptors (Lipinski definition) is 7. The molecular weight excluding hydrogens is 356 g/mol. The number of carbonyl (C=O) groups excluding carboxylic acids is 3. The van der Waals surface area contributed by atoms with Crippen molar-refractivity contribution in [2.75, 3.05) is 7.11 Å². The third-order valence-corrected chi connectivity index (χ3v) is 4.20. The SMILES string of the molecule is CCCCCCC(CC(=O)OC)(Oc1cccc([N+](=O)[O-])c1C=O)C(N)=O. The first-order chi connectivity index (χ1) is 12.8. The Kier molecular flexibility index (Phi) is 8.37. The van der Waals surface area contributed by atoms with Gasteiger partial charge in [-0.3, -0.25) is 24.5 Å². The van der Waals surface area contributed by atoms with Gasteiger partial charge in [0.15, 0.2) is 11.9 Å². The number of hydrogen-bond donors (Lipinski definition) is 1. The lowest BCUT2D eigenvalue weighted by Gasteiger charge is -2.31. The van der Waals surface area contributed by atoms with Crippen LogP contribution in [0, 0.1) is 10.1 Å². The molecule has 0 radical (unpaired) electrons. The van der Waals surface area contributed by atoms with Crippen LogP contribution >= 0.6 is 0 Å². The maximum atomic E-state index is 12.2. The molecule has 0 aliphatic carbocycles. The molecule has 0 aliphatic heterocycles. The summed E-state index contributed by atoms with van der Waals surface area (Å²) in [4.78, 5) is 45.9. The van der Waals surface area contributed by atoms with E-state index >= 15 is 0 Å². The highest BCUT2D eigenvalue weighted by atomic mass is 16.6. The smallest absolute Gasteiger partial charge is 0.310 e. The number of nitro benzene ring substituents is 1. The zero-order chi connectivity index (χ0) is 20.4. The van der Waals surface area contributed by atoms with Crippen molar-refractivity contribution in [3.05, 3.63) is 33.9 Å². The van der Waals surface area contributed by atoms with Crippen molar-refractivity contribution in [1.82, 2.24) is 0 Å². The maximum Gasteiger partial charge on any atom is 0.310 e. The zero-order valence-corrected chi connectivity index (χ0v) is 15.4. The van der Waals surface area contributed by atoms with Gasteiger partial charge in [0.1, 0.15) is 11.3 Å². The van der Waals surface area contributed by atoms with Crippen LogP contribution in [-0.2, 0) is 14.3 Å². The van der Waals surface area contributed by atoms with Crippen molar-refractivity contribution in [3.8, 4) is 5.75 Å². The van der Waals surface area contributed by atoms with Crippen LogP contribution in [0.4, 0.5) is 5.69 Å². The first kappa shape index (κ1) is 22.1. The standard InChI is InChI=1S/C18H24N2O7/c1-3-4-5-6-10-18(17(19)23,11-16(22)26-2)27-15-9-7-8-14(20(24)25)13(15)12-21/h7-9,12H,3-6,10-11H2,1-2H3,(H2,19,23). The minimum Gasteiger partial charge on any atom is -0.476 e. The summed E-state index contributed by atoms with van der Waals surface area (Å²) in [6.45, 7) is 2.02. The van der Waals surface area contributed by atoms with Crippen LogP contribution in [0.3, 0.4) is 0 Å². The van der Waals surface area contributed by atoms with E-state index in [2.05, 4.69) is 4.74 Å². The van der Waals surface area contributed by atoms with E-state index in [1.165, 1.54) is 12.1 Å². The van der Waals surface area contributed by atoms with Gasteiger partial charge in [-0.2, -0.15) is 0 Å². The molecule has 0 bridgehead atoms. The van der Waals surface area contributed by atoms with Crippen molar-refractivity contribution < 1.29 is 28.8 Å². The van der Waals surface area contributed by atoms with Crippen molar-refractivity contribution in [2.24, 2.45) is 5.73 Å². The summed E-state index contributed by atoms with van der Waals surface area (Å²) in [5.41, 5.74) is 2.97. The summed E-state index contributed by atoms with van der Waals surface area (Å²) in [6, 6.07) is 3.78. The number of unbranched alkanes of at least 4 members (excludes halogenated alkanes) is 3. The molecule has 148 valence electrons. The Morgan fingerprint density at radius 2 is 2.00 bits per heavy atom. The Morgan fingerprint density at radius 3 is 2.52 bits per heavy atom. The monoisotopic (exact) mass is 380 g/mol. The second-order valence-electron chi connectivity index (χ2n) is 6.09. The van der Waals surface area contributed by atoms with E-state index in [4.69, 9.17) is 10.5 Å². The fourth-order valence-corrected chi connectivity index (χ4v) is 2.69. The second kappa shape index (κ2) is 10.2. The topological polar surface area (TPSA) is 139 Å². The van der Waals surface area contributed by atoms with Crippen LogP contribution in [0.1, 0.15) is 55.8 Å². The fraction of sp³-hybridized carbons (Fsp3) is 0.500. The molecule has 1 amide bonds. The average molecular weight is 380 g/mol. The number of amides is 1. The number of nitro groups is 1. The van der Waals surface area contributed by atoms with Gasteiger partial charge < -0.3 is 15.2 Å². The Balaban J connectivity index is 3.32. The first-order valence-electron chi connectivity index (χ1n) is 8.59. The molecule has 0 spiro atoms. The van der Waals surface area contributed by atoms with Gasteiger partial charge in [-0.05, 0) is 18.9 Å². The molecule has 1 aromatic rings. The fourth-order valence-electron chi connectivity index (χ4n) is 2.69. The number of nitrogens with two attached hydrogens (primary N) is 1. The molecule has 0 saturated heterocycles. The normalized spacial score (nSPS) is 12.7. The van der Waals surface area contributed by atoms with Crippen LogP contribution in [0.15, 0.2) is 18.2 Å². The number of rotatable bonds is 12. The third kappa shape index (κ3) is 5.77. The molecule has 1 atom stereocenters. The van der Waals surface area contributed by atoms with Gasteiger partial charge in [-0.15, -0.1) is 0 Å². The summed E-state index contributed by atoms with van der Waals surface area (Å²) in [5, 5.41) is 11.1. The van der Waals surface area contributed by atoms with Crippen LogP contribution in [0.2, 0.25) is 0 Å². The molecule has 0 saturated carbocycles. The molecule has 0 aliphatic rings. The van der Waals surface area contributed by atoms with Crippen LogP contribution in [-0.4, -0.2) is 35.8 Å². The Morgan fingerprint density at radius 1 is 1.30 bits per heavy atom. The minimum atomic E-state index is -1.77. The largest absolute Gasteiger partial charge is 0.476 e. The number of aldehydes is 1. The molecule has 0 heterocycles. The number of nitrogens with zero attached hydrogens (tertiary/aromatic N) is 1. The van der Waals surface area contributed by atoms with Crippen LogP contribution < -0.4 is 10.5 Å². The van der Waals surface area contributed by atoms with Gasteiger partial charge in [-0.25, -0.2) is 0 Å². The highest BCUT2D eigenvalue weighted by Gasteiger charge is 2.42. The molecule has 0 fully saturated rings. The molecule has 9 nitrogen and oxygen atoms in total. The molecule has 27 heavy (non-hydrogen) atoms. The molecule has 0 aromatic heterocycles. The summed E-state index contributed by atoms with van der Waals surface area (Å²) in [5.74, 6) is -1.81. The quantitative estimate of drug-likeness (QED) is 0.193. The number of benzene rings is 1. The molecule has 1 unspecified atom stereocenters. The molecular formula is C18H24N2O7.